The highest BCUT2D eigenvalue weighted by Gasteiger charge is 2.23. The van der Waals surface area contributed by atoms with Crippen molar-refractivity contribution < 1.29 is 26.7 Å². The number of amides is 1. The van der Waals surface area contributed by atoms with E-state index in [-0.39, 0.29) is 31.9 Å². The molecule has 1 amide bonds. The van der Waals surface area contributed by atoms with E-state index in [1.54, 1.807) is 18.2 Å². The number of hydrogen-bond acceptors (Lipinski definition) is 5. The molecule has 0 radical (unpaired) electrons. The van der Waals surface area contributed by atoms with Gasteiger partial charge in [-0.25, -0.2) is 17.2 Å². The lowest BCUT2D eigenvalue weighted by Crippen LogP contribution is -2.36. The number of sulfonamides is 1. The monoisotopic (exact) mass is 541 g/mol. The topological polar surface area (TPSA) is 87.7 Å². The van der Waals surface area contributed by atoms with Gasteiger partial charge in [-0.3, -0.25) is 9.52 Å². The minimum atomic E-state index is -4.09. The molecule has 2 N–H and O–H groups in total. The van der Waals surface area contributed by atoms with E-state index in [1.165, 1.54) is 24.3 Å². The zero-order valence-corrected chi connectivity index (χ0v) is 20.4. The maximum absolute atomic E-state index is 13.8. The van der Waals surface area contributed by atoms with Crippen LogP contribution in [0.4, 0.5) is 25.8 Å². The maximum atomic E-state index is 13.8. The Morgan fingerprint density at radius 2 is 1.60 bits per heavy atom. The fraction of sp³-hybridized carbons (Fsp3) is 0.174. The van der Waals surface area contributed by atoms with Gasteiger partial charge in [0.05, 0.1) is 50.8 Å². The van der Waals surface area contributed by atoms with Crippen molar-refractivity contribution in [2.24, 2.45) is 0 Å². The van der Waals surface area contributed by atoms with Crippen molar-refractivity contribution in [3.63, 3.8) is 0 Å². The number of nitrogens with one attached hydrogen (secondary N) is 2. The van der Waals surface area contributed by atoms with Crippen molar-refractivity contribution >= 4 is 56.2 Å². The smallest absolute Gasteiger partial charge is 0.262 e. The van der Waals surface area contributed by atoms with Crippen molar-refractivity contribution in [3.05, 3.63) is 81.8 Å². The second-order valence-corrected chi connectivity index (χ2v) is 10.1. The molecule has 0 aliphatic carbocycles. The number of carbonyl (C=O) groups excluding carboxylic acids is 1. The summed E-state index contributed by atoms with van der Waals surface area (Å²) in [6.07, 6.45) is 0. The first-order valence-electron chi connectivity index (χ1n) is 10.4. The molecular formula is C23H19Cl2F2N3O4S. The molecule has 184 valence electrons. The number of halogens is 4. The minimum absolute atomic E-state index is 0.139. The van der Waals surface area contributed by atoms with Crippen molar-refractivity contribution in [2.75, 3.05) is 41.2 Å². The number of hydrogen-bond donors (Lipinski definition) is 2. The van der Waals surface area contributed by atoms with Crippen LogP contribution in [0.25, 0.3) is 0 Å². The molecule has 1 heterocycles. The lowest BCUT2D eigenvalue weighted by molar-refractivity contribution is 0.102. The van der Waals surface area contributed by atoms with E-state index in [4.69, 9.17) is 27.9 Å². The maximum Gasteiger partial charge on any atom is 0.262 e. The van der Waals surface area contributed by atoms with Gasteiger partial charge >= 0.3 is 0 Å². The Bertz CT molecular complexity index is 1380. The fourth-order valence-electron chi connectivity index (χ4n) is 3.50. The molecule has 1 fully saturated rings. The van der Waals surface area contributed by atoms with E-state index in [0.29, 0.717) is 44.1 Å². The van der Waals surface area contributed by atoms with Crippen molar-refractivity contribution in [2.45, 2.75) is 4.90 Å². The summed E-state index contributed by atoms with van der Waals surface area (Å²) in [7, 11) is -4.09. The van der Waals surface area contributed by atoms with Gasteiger partial charge in [0.1, 0.15) is 0 Å². The summed E-state index contributed by atoms with van der Waals surface area (Å²) in [5.74, 6) is -3.27. The Labute approximate surface area is 210 Å². The molecule has 1 aliphatic rings. The molecule has 0 aromatic heterocycles. The van der Waals surface area contributed by atoms with Crippen LogP contribution < -0.4 is 14.9 Å². The zero-order valence-electron chi connectivity index (χ0n) is 18.0. The van der Waals surface area contributed by atoms with E-state index in [2.05, 4.69) is 10.0 Å². The number of nitrogens with zero attached hydrogens (tertiary/aromatic N) is 1. The van der Waals surface area contributed by atoms with Gasteiger partial charge in [0, 0.05) is 13.1 Å². The third kappa shape index (κ3) is 5.67. The van der Waals surface area contributed by atoms with Gasteiger partial charge in [-0.2, -0.15) is 0 Å². The summed E-state index contributed by atoms with van der Waals surface area (Å²) in [5.41, 5.74) is 0.545. The Morgan fingerprint density at radius 1 is 0.914 bits per heavy atom. The standard InChI is InChI=1S/C23H19Cl2F2N3O4S/c24-16-3-1-2-4-20(16)29-35(32,33)14-5-6-22(30-7-9-34-10-8-30)21(11-14)28-23(31)15-12-18(26)19(27)13-17(15)25/h1-6,11-13,29H,7-10H2,(H,28,31). The molecule has 0 spiro atoms. The molecule has 3 aromatic carbocycles. The first-order chi connectivity index (χ1) is 16.7. The number of benzene rings is 3. The van der Waals surface area contributed by atoms with Crippen LogP contribution in [0.3, 0.4) is 0 Å². The van der Waals surface area contributed by atoms with Crippen LogP contribution in [0.5, 0.6) is 0 Å². The number of carbonyl (C=O) groups is 1. The molecule has 4 rings (SSSR count). The first-order valence-corrected chi connectivity index (χ1v) is 12.6. The third-order valence-corrected chi connectivity index (χ3v) is 7.26. The predicted molar refractivity (Wildman–Crippen MR) is 131 cm³/mol. The zero-order chi connectivity index (χ0) is 25.2. The summed E-state index contributed by atoms with van der Waals surface area (Å²) < 4.78 is 61.1. The van der Waals surface area contributed by atoms with E-state index in [0.717, 1.165) is 0 Å². The Morgan fingerprint density at radius 3 is 2.31 bits per heavy atom. The van der Waals surface area contributed by atoms with Crippen LogP contribution >= 0.6 is 23.2 Å². The molecule has 7 nitrogen and oxygen atoms in total. The lowest BCUT2D eigenvalue weighted by Gasteiger charge is -2.31. The highest BCUT2D eigenvalue weighted by molar-refractivity contribution is 7.92. The van der Waals surface area contributed by atoms with Crippen LogP contribution in [0.2, 0.25) is 10.0 Å². The summed E-state index contributed by atoms with van der Waals surface area (Å²) >= 11 is 12.0. The molecule has 1 aliphatic heterocycles. The van der Waals surface area contributed by atoms with Gasteiger partial charge in [-0.1, -0.05) is 35.3 Å². The number of morpholine rings is 1. The summed E-state index contributed by atoms with van der Waals surface area (Å²) in [6, 6.07) is 11.9. The summed E-state index contributed by atoms with van der Waals surface area (Å²) in [4.78, 5) is 14.7. The lowest BCUT2D eigenvalue weighted by atomic mass is 10.1. The SMILES string of the molecule is O=C(Nc1cc(S(=O)(=O)Nc2ccccc2Cl)ccc1N1CCOCC1)c1cc(F)c(F)cc1Cl. The summed E-state index contributed by atoms with van der Waals surface area (Å²) in [5, 5.41) is 2.50. The Balaban J connectivity index is 1.72. The average molecular weight is 542 g/mol. The number of anilines is 3. The fourth-order valence-corrected chi connectivity index (χ4v) is 5.08. The molecule has 3 aromatic rings. The predicted octanol–water partition coefficient (Wildman–Crippen LogP) is 5.16. The largest absolute Gasteiger partial charge is 0.378 e. The molecular weight excluding hydrogens is 523 g/mol. The summed E-state index contributed by atoms with van der Waals surface area (Å²) in [6.45, 7) is 1.88. The van der Waals surface area contributed by atoms with Gasteiger partial charge in [0.25, 0.3) is 15.9 Å². The van der Waals surface area contributed by atoms with E-state index < -0.39 is 27.6 Å². The van der Waals surface area contributed by atoms with Crippen LogP contribution in [0, 0.1) is 11.6 Å². The van der Waals surface area contributed by atoms with Crippen LogP contribution in [-0.4, -0.2) is 40.6 Å². The average Bonchev–Trinajstić information content (AvgIpc) is 2.83. The van der Waals surface area contributed by atoms with Crippen LogP contribution in [0.15, 0.2) is 59.5 Å². The number of para-hydroxylation sites is 1. The van der Waals surface area contributed by atoms with Gasteiger partial charge in [-0.15, -0.1) is 0 Å². The van der Waals surface area contributed by atoms with Crippen molar-refractivity contribution in [1.82, 2.24) is 0 Å². The van der Waals surface area contributed by atoms with E-state index >= 15 is 0 Å². The normalized spacial score (nSPS) is 14.0. The van der Waals surface area contributed by atoms with E-state index in [9.17, 15) is 22.0 Å². The van der Waals surface area contributed by atoms with Gasteiger partial charge < -0.3 is 15.0 Å². The van der Waals surface area contributed by atoms with Crippen molar-refractivity contribution in [1.29, 1.82) is 0 Å². The number of rotatable bonds is 6. The second-order valence-electron chi connectivity index (χ2n) is 7.56. The molecule has 0 saturated carbocycles. The van der Waals surface area contributed by atoms with Crippen molar-refractivity contribution in [3.8, 4) is 0 Å². The Kier molecular flexibility index (Phi) is 7.46. The van der Waals surface area contributed by atoms with Crippen LogP contribution in [-0.2, 0) is 14.8 Å². The molecule has 1 saturated heterocycles. The van der Waals surface area contributed by atoms with Gasteiger partial charge in [-0.05, 0) is 42.5 Å². The molecule has 12 heteroatoms. The quantitative estimate of drug-likeness (QED) is 0.421. The molecule has 0 unspecified atom stereocenters. The number of ether oxygens (including phenoxy) is 1. The van der Waals surface area contributed by atoms with Gasteiger partial charge in [0.2, 0.25) is 0 Å². The highest BCUT2D eigenvalue weighted by atomic mass is 35.5. The van der Waals surface area contributed by atoms with Gasteiger partial charge in [0.15, 0.2) is 11.6 Å². The molecule has 0 atom stereocenters. The highest BCUT2D eigenvalue weighted by Crippen LogP contribution is 2.32. The molecule has 0 bridgehead atoms. The minimum Gasteiger partial charge on any atom is -0.378 e. The van der Waals surface area contributed by atoms with Crippen LogP contribution in [0.1, 0.15) is 10.4 Å². The van der Waals surface area contributed by atoms with E-state index in [1.807, 2.05) is 4.90 Å². The Hall–Kier alpha value is -2.92. The second kappa shape index (κ2) is 10.4. The molecule has 35 heavy (non-hydrogen) atoms. The first kappa shape index (κ1) is 25.2. The third-order valence-electron chi connectivity index (χ3n) is 5.25.